The Kier molecular flexibility index (Phi) is 6.06. The van der Waals surface area contributed by atoms with Gasteiger partial charge in [-0.2, -0.15) is 0 Å². The molecule has 1 heteroatoms. The van der Waals surface area contributed by atoms with Gasteiger partial charge in [0.2, 0.25) is 0 Å². The summed E-state index contributed by atoms with van der Waals surface area (Å²) in [6.45, 7) is 13.9. The van der Waals surface area contributed by atoms with E-state index in [1.165, 1.54) is 12.8 Å². The Bertz CT molecular complexity index is 133. The lowest BCUT2D eigenvalue weighted by molar-refractivity contribution is 0.332. The Morgan fingerprint density at radius 2 is 2.00 bits per heavy atom. The number of hydrogen-bond donors (Lipinski definition) is 1. The minimum Gasteiger partial charge on any atom is -0.314 e. The van der Waals surface area contributed by atoms with Gasteiger partial charge in [0, 0.05) is 6.04 Å². The molecule has 0 aliphatic carbocycles. The maximum Gasteiger partial charge on any atom is 0.0101 e. The molecule has 0 aromatic rings. The smallest absolute Gasteiger partial charge is 0.0101 e. The molecule has 78 valence electrons. The molecule has 0 aliphatic heterocycles. The van der Waals surface area contributed by atoms with Crippen LogP contribution in [0.4, 0.5) is 0 Å². The molecule has 0 fully saturated rings. The molecule has 0 saturated carbocycles. The highest BCUT2D eigenvalue weighted by Crippen LogP contribution is 2.22. The van der Waals surface area contributed by atoms with Gasteiger partial charge in [0.25, 0.3) is 0 Å². The lowest BCUT2D eigenvalue weighted by atomic mass is 9.88. The van der Waals surface area contributed by atoms with Gasteiger partial charge < -0.3 is 5.32 Å². The van der Waals surface area contributed by atoms with Crippen molar-refractivity contribution in [2.75, 3.05) is 6.54 Å². The first-order chi connectivity index (χ1) is 5.99. The Hall–Kier alpha value is -0.300. The standard InChI is InChI=1S/C12H25N/c1-6-8-11(13-7-2)9-10-12(3,4)5/h6,11,13H,1,7-10H2,2-5H3. The van der Waals surface area contributed by atoms with E-state index < -0.39 is 0 Å². The van der Waals surface area contributed by atoms with E-state index in [-0.39, 0.29) is 0 Å². The molecule has 0 bridgehead atoms. The molecular weight excluding hydrogens is 158 g/mol. The molecule has 0 radical (unpaired) electrons. The second-order valence-corrected chi connectivity index (χ2v) is 4.88. The molecule has 0 aromatic carbocycles. The molecule has 0 amide bonds. The first-order valence-electron chi connectivity index (χ1n) is 5.34. The molecule has 0 rings (SSSR count). The van der Waals surface area contributed by atoms with E-state index in [1.807, 2.05) is 6.08 Å². The van der Waals surface area contributed by atoms with Crippen molar-refractivity contribution in [1.29, 1.82) is 0 Å². The van der Waals surface area contributed by atoms with Gasteiger partial charge in [0.1, 0.15) is 0 Å². The Balaban J connectivity index is 3.74. The van der Waals surface area contributed by atoms with Crippen LogP contribution in [0.15, 0.2) is 12.7 Å². The van der Waals surface area contributed by atoms with Crippen molar-refractivity contribution in [1.82, 2.24) is 5.32 Å². The zero-order valence-corrected chi connectivity index (χ0v) is 9.69. The predicted octanol–water partition coefficient (Wildman–Crippen LogP) is 3.37. The lowest BCUT2D eigenvalue weighted by Gasteiger charge is -2.22. The third kappa shape index (κ3) is 8.04. The van der Waals surface area contributed by atoms with Gasteiger partial charge >= 0.3 is 0 Å². The van der Waals surface area contributed by atoms with Crippen molar-refractivity contribution >= 4 is 0 Å². The number of rotatable bonds is 6. The van der Waals surface area contributed by atoms with Crippen LogP contribution in [0.5, 0.6) is 0 Å². The quantitative estimate of drug-likeness (QED) is 0.623. The monoisotopic (exact) mass is 183 g/mol. The third-order valence-electron chi connectivity index (χ3n) is 2.19. The van der Waals surface area contributed by atoms with Crippen LogP contribution < -0.4 is 5.32 Å². The summed E-state index contributed by atoms with van der Waals surface area (Å²) in [5.41, 5.74) is 0.453. The van der Waals surface area contributed by atoms with Crippen LogP contribution >= 0.6 is 0 Å². The third-order valence-corrected chi connectivity index (χ3v) is 2.19. The van der Waals surface area contributed by atoms with Crippen molar-refractivity contribution in [2.24, 2.45) is 5.41 Å². The Labute approximate surface area is 83.6 Å². The minimum absolute atomic E-state index is 0.453. The molecular formula is C12H25N. The Morgan fingerprint density at radius 1 is 1.38 bits per heavy atom. The summed E-state index contributed by atoms with van der Waals surface area (Å²) in [7, 11) is 0. The summed E-state index contributed by atoms with van der Waals surface area (Å²) in [4.78, 5) is 0. The van der Waals surface area contributed by atoms with Gasteiger partial charge in [-0.1, -0.05) is 33.8 Å². The van der Waals surface area contributed by atoms with E-state index in [0.717, 1.165) is 13.0 Å². The summed E-state index contributed by atoms with van der Waals surface area (Å²) < 4.78 is 0. The first kappa shape index (κ1) is 12.7. The summed E-state index contributed by atoms with van der Waals surface area (Å²) in [6, 6.07) is 0.627. The fraction of sp³-hybridized carbons (Fsp3) is 0.833. The van der Waals surface area contributed by atoms with Crippen LogP contribution in [0.2, 0.25) is 0 Å². The topological polar surface area (TPSA) is 12.0 Å². The highest BCUT2D eigenvalue weighted by Gasteiger charge is 2.13. The van der Waals surface area contributed by atoms with Gasteiger partial charge in [-0.25, -0.2) is 0 Å². The van der Waals surface area contributed by atoms with Crippen LogP contribution in [0.25, 0.3) is 0 Å². The van der Waals surface area contributed by atoms with Crippen LogP contribution in [0, 0.1) is 5.41 Å². The maximum atomic E-state index is 3.79. The summed E-state index contributed by atoms with van der Waals surface area (Å²) in [5, 5.41) is 3.48. The largest absolute Gasteiger partial charge is 0.314 e. The average molecular weight is 183 g/mol. The average Bonchev–Trinajstić information content (AvgIpc) is 2.00. The van der Waals surface area contributed by atoms with E-state index in [9.17, 15) is 0 Å². The fourth-order valence-electron chi connectivity index (χ4n) is 1.40. The molecule has 0 heterocycles. The van der Waals surface area contributed by atoms with E-state index in [1.54, 1.807) is 0 Å². The predicted molar refractivity (Wildman–Crippen MR) is 61.0 cm³/mol. The van der Waals surface area contributed by atoms with Crippen molar-refractivity contribution in [3.05, 3.63) is 12.7 Å². The van der Waals surface area contributed by atoms with Crippen LogP contribution in [0.3, 0.4) is 0 Å². The zero-order chi connectivity index (χ0) is 10.3. The molecule has 0 spiro atoms. The zero-order valence-electron chi connectivity index (χ0n) is 9.69. The molecule has 1 N–H and O–H groups in total. The van der Waals surface area contributed by atoms with Crippen molar-refractivity contribution < 1.29 is 0 Å². The van der Waals surface area contributed by atoms with Crippen LogP contribution in [-0.4, -0.2) is 12.6 Å². The number of nitrogens with one attached hydrogen (secondary N) is 1. The second-order valence-electron chi connectivity index (χ2n) is 4.88. The van der Waals surface area contributed by atoms with Crippen LogP contribution in [-0.2, 0) is 0 Å². The van der Waals surface area contributed by atoms with E-state index in [0.29, 0.717) is 11.5 Å². The van der Waals surface area contributed by atoms with Gasteiger partial charge in [-0.15, -0.1) is 6.58 Å². The highest BCUT2D eigenvalue weighted by atomic mass is 14.9. The first-order valence-corrected chi connectivity index (χ1v) is 5.34. The Morgan fingerprint density at radius 3 is 2.38 bits per heavy atom. The maximum absolute atomic E-state index is 3.79. The van der Waals surface area contributed by atoms with E-state index >= 15 is 0 Å². The molecule has 1 atom stereocenters. The summed E-state index contributed by atoms with van der Waals surface area (Å²) >= 11 is 0. The minimum atomic E-state index is 0.453. The molecule has 0 aromatic heterocycles. The molecule has 1 unspecified atom stereocenters. The highest BCUT2D eigenvalue weighted by molar-refractivity contribution is 4.79. The normalized spacial score (nSPS) is 14.2. The lowest BCUT2D eigenvalue weighted by Crippen LogP contribution is -2.29. The van der Waals surface area contributed by atoms with Gasteiger partial charge in [-0.3, -0.25) is 0 Å². The fourth-order valence-corrected chi connectivity index (χ4v) is 1.40. The second kappa shape index (κ2) is 6.20. The molecule has 0 saturated heterocycles. The van der Waals surface area contributed by atoms with Crippen molar-refractivity contribution in [3.63, 3.8) is 0 Å². The summed E-state index contributed by atoms with van der Waals surface area (Å²) in [6.07, 6.45) is 5.63. The van der Waals surface area contributed by atoms with Gasteiger partial charge in [0.05, 0.1) is 0 Å². The molecule has 13 heavy (non-hydrogen) atoms. The van der Waals surface area contributed by atoms with Crippen molar-refractivity contribution in [2.45, 2.75) is 53.0 Å². The van der Waals surface area contributed by atoms with Crippen LogP contribution in [0.1, 0.15) is 47.0 Å². The van der Waals surface area contributed by atoms with E-state index in [2.05, 4.69) is 39.6 Å². The number of hydrogen-bond acceptors (Lipinski definition) is 1. The van der Waals surface area contributed by atoms with Gasteiger partial charge in [-0.05, 0) is 31.2 Å². The molecule has 1 nitrogen and oxygen atoms in total. The molecule has 0 aliphatic rings. The van der Waals surface area contributed by atoms with Crippen molar-refractivity contribution in [3.8, 4) is 0 Å². The van der Waals surface area contributed by atoms with E-state index in [4.69, 9.17) is 0 Å². The SMILES string of the molecule is C=CCC(CCC(C)(C)C)NCC. The van der Waals surface area contributed by atoms with Gasteiger partial charge in [0.15, 0.2) is 0 Å². The summed E-state index contributed by atoms with van der Waals surface area (Å²) in [5.74, 6) is 0.